The molecule has 34 heavy (non-hydrogen) atoms. The summed E-state index contributed by atoms with van der Waals surface area (Å²) in [4.78, 5) is 0. The van der Waals surface area contributed by atoms with Gasteiger partial charge < -0.3 is 5.11 Å². The number of fused-ring (bicyclic) bond motifs is 2. The monoisotopic (exact) mass is 458 g/mol. The zero-order valence-corrected chi connectivity index (χ0v) is 23.9. The maximum atomic E-state index is 10.9. The molecule has 1 N–H and O–H groups in total. The van der Waals surface area contributed by atoms with Gasteiger partial charge in [-0.3, -0.25) is 0 Å². The number of aromatic hydroxyl groups is 1. The lowest BCUT2D eigenvalue weighted by Gasteiger charge is -2.21. The molecule has 0 aliphatic heterocycles. The molecule has 0 radical (unpaired) electrons. The van der Waals surface area contributed by atoms with Crippen LogP contribution in [-0.2, 0) is 0 Å². The minimum absolute atomic E-state index is 0.386. The van der Waals surface area contributed by atoms with Crippen molar-refractivity contribution in [2.75, 3.05) is 0 Å². The molecule has 0 unspecified atom stereocenters. The molecule has 0 bridgehead atoms. The van der Waals surface area contributed by atoms with Crippen LogP contribution in [0.25, 0.3) is 43.1 Å². The topological polar surface area (TPSA) is 20.2 Å². The molecule has 0 aliphatic rings. The number of phenols is 1. The second-order valence-electron chi connectivity index (χ2n) is 7.83. The van der Waals surface area contributed by atoms with Crippen molar-refractivity contribution in [3.63, 3.8) is 0 Å². The Morgan fingerprint density at radius 1 is 0.382 bits per heavy atom. The number of phenolic OH excluding ortho intramolecular Hbond substituents is 1. The largest absolute Gasteiger partial charge is 0.507 e. The number of hydrogen-bond acceptors (Lipinski definition) is 1. The smallest absolute Gasteiger partial charge is 0.124 e. The molecule has 0 fully saturated rings. The number of hydrogen-bond donors (Lipinski definition) is 1. The third kappa shape index (κ3) is 4.58. The summed E-state index contributed by atoms with van der Waals surface area (Å²) in [5.41, 5.74) is 6.30. The minimum Gasteiger partial charge on any atom is -0.507 e. The van der Waals surface area contributed by atoms with Gasteiger partial charge in [-0.05, 0) is 101 Å². The van der Waals surface area contributed by atoms with E-state index in [2.05, 4.69) is 65.0 Å². The van der Waals surface area contributed by atoms with Crippen LogP contribution in [0, 0.1) is 34.6 Å². The van der Waals surface area contributed by atoms with E-state index < -0.39 is 0 Å². The fourth-order valence-electron chi connectivity index (χ4n) is 5.13. The van der Waals surface area contributed by atoms with Crippen molar-refractivity contribution in [1.82, 2.24) is 0 Å². The highest BCUT2D eigenvalue weighted by atomic mass is 16.3. The quantitative estimate of drug-likeness (QED) is 0.181. The molecule has 0 saturated carbocycles. The molecule has 0 heterocycles. The van der Waals surface area contributed by atoms with Crippen LogP contribution in [0.15, 0.2) is 36.4 Å². The predicted molar refractivity (Wildman–Crippen MR) is 158 cm³/mol. The molecule has 184 valence electrons. The third-order valence-corrected chi connectivity index (χ3v) is 6.09. The Morgan fingerprint density at radius 3 is 1.21 bits per heavy atom. The minimum atomic E-state index is 0.386. The van der Waals surface area contributed by atoms with E-state index in [1.807, 2.05) is 61.5 Å². The molecule has 5 aromatic rings. The van der Waals surface area contributed by atoms with E-state index in [9.17, 15) is 5.11 Å². The number of rotatable bonds is 0. The van der Waals surface area contributed by atoms with E-state index in [0.29, 0.717) is 5.75 Å². The Bertz CT molecular complexity index is 1270. The van der Waals surface area contributed by atoms with Crippen LogP contribution >= 0.6 is 0 Å². The normalized spacial score (nSPS) is 10.0. The highest BCUT2D eigenvalue weighted by Crippen LogP contribution is 2.47. The lowest BCUT2D eigenvalue weighted by Crippen LogP contribution is -1.95. The summed E-state index contributed by atoms with van der Waals surface area (Å²) in [5.74, 6) is 0.386. The summed E-state index contributed by atoms with van der Waals surface area (Å²) in [6, 6.07) is 13.1. The van der Waals surface area contributed by atoms with Crippen LogP contribution in [0.1, 0.15) is 83.2 Å². The second kappa shape index (κ2) is 12.6. The van der Waals surface area contributed by atoms with Crippen LogP contribution in [0.5, 0.6) is 5.75 Å². The first-order chi connectivity index (χ1) is 16.4. The Hall–Kier alpha value is -2.80. The van der Waals surface area contributed by atoms with Crippen molar-refractivity contribution in [3.05, 3.63) is 64.2 Å². The van der Waals surface area contributed by atoms with Crippen molar-refractivity contribution >= 4 is 43.1 Å². The molecule has 0 aromatic heterocycles. The van der Waals surface area contributed by atoms with Crippen LogP contribution in [0.2, 0.25) is 0 Å². The molecular weight excluding hydrogens is 412 g/mol. The summed E-state index contributed by atoms with van der Waals surface area (Å²) < 4.78 is 0. The van der Waals surface area contributed by atoms with Crippen LogP contribution in [0.3, 0.4) is 0 Å². The van der Waals surface area contributed by atoms with E-state index in [1.54, 1.807) is 0 Å². The Labute approximate surface area is 208 Å². The van der Waals surface area contributed by atoms with E-state index in [4.69, 9.17) is 0 Å². The molecule has 0 atom stereocenters. The van der Waals surface area contributed by atoms with Gasteiger partial charge in [0.05, 0.1) is 0 Å². The van der Waals surface area contributed by atoms with Gasteiger partial charge in [-0.25, -0.2) is 0 Å². The SMILES string of the molecule is CC.CC.CC.CC.Cc1ccc2c3c(O)cc(C)c4c(C)ccc(c5c(C)cc(C)c1c25)c43. The number of aryl methyl sites for hydroxylation is 5. The molecule has 5 rings (SSSR count). The van der Waals surface area contributed by atoms with Gasteiger partial charge in [0.2, 0.25) is 0 Å². The van der Waals surface area contributed by atoms with Gasteiger partial charge in [0.1, 0.15) is 5.75 Å². The van der Waals surface area contributed by atoms with Crippen LogP contribution in [0.4, 0.5) is 0 Å². The lowest BCUT2D eigenvalue weighted by atomic mass is 9.83. The van der Waals surface area contributed by atoms with Gasteiger partial charge in [0.25, 0.3) is 0 Å². The van der Waals surface area contributed by atoms with Crippen LogP contribution < -0.4 is 0 Å². The Kier molecular flexibility index (Phi) is 10.8. The summed E-state index contributed by atoms with van der Waals surface area (Å²) >= 11 is 0. The molecule has 5 aromatic carbocycles. The van der Waals surface area contributed by atoms with Crippen molar-refractivity contribution in [1.29, 1.82) is 0 Å². The molecule has 0 amide bonds. The molecule has 0 saturated heterocycles. The summed E-state index contributed by atoms with van der Waals surface area (Å²) in [5, 5.41) is 20.7. The zero-order chi connectivity index (χ0) is 26.3. The fraction of sp³-hybridized carbons (Fsp3) is 0.394. The maximum Gasteiger partial charge on any atom is 0.124 e. The number of benzene rings is 5. The van der Waals surface area contributed by atoms with Crippen molar-refractivity contribution in [2.45, 2.75) is 90.0 Å². The molecule has 0 aliphatic carbocycles. The molecule has 1 heteroatoms. The van der Waals surface area contributed by atoms with Gasteiger partial charge in [0.15, 0.2) is 0 Å². The zero-order valence-electron chi connectivity index (χ0n) is 23.9. The first-order valence-electron chi connectivity index (χ1n) is 13.2. The maximum absolute atomic E-state index is 10.9. The predicted octanol–water partition coefficient (Wildman–Crippen LogP) is 11.1. The molecule has 1 nitrogen and oxygen atoms in total. The fourth-order valence-corrected chi connectivity index (χ4v) is 5.13. The van der Waals surface area contributed by atoms with Crippen LogP contribution in [-0.4, -0.2) is 5.11 Å². The van der Waals surface area contributed by atoms with Crippen molar-refractivity contribution in [3.8, 4) is 5.75 Å². The second-order valence-corrected chi connectivity index (χ2v) is 7.83. The average Bonchev–Trinajstić information content (AvgIpc) is 2.86. The van der Waals surface area contributed by atoms with E-state index >= 15 is 0 Å². The highest BCUT2D eigenvalue weighted by molar-refractivity contribution is 6.35. The third-order valence-electron chi connectivity index (χ3n) is 6.09. The first kappa shape index (κ1) is 29.2. The summed E-state index contributed by atoms with van der Waals surface area (Å²) in [6.07, 6.45) is 0. The lowest BCUT2D eigenvalue weighted by molar-refractivity contribution is 0.482. The van der Waals surface area contributed by atoms with Gasteiger partial charge >= 0.3 is 0 Å². The van der Waals surface area contributed by atoms with E-state index in [-0.39, 0.29) is 0 Å². The average molecular weight is 459 g/mol. The highest BCUT2D eigenvalue weighted by Gasteiger charge is 2.20. The Balaban J connectivity index is 0.000000659. The standard InChI is InChI=1S/C25H22O.4C2H6/c1-12-7-9-18-23-19(26)11-16(5)21-13(2)6-8-17(25(21)23)22-15(4)10-14(3)20(12)24(18)22;4*1-2/h6-11,26H,1-5H3;4*1-2H3. The van der Waals surface area contributed by atoms with Gasteiger partial charge in [-0.15, -0.1) is 0 Å². The van der Waals surface area contributed by atoms with Gasteiger partial charge in [-0.1, -0.05) is 85.7 Å². The molecular formula is C33H46O. The first-order valence-corrected chi connectivity index (χ1v) is 13.2. The van der Waals surface area contributed by atoms with Gasteiger partial charge in [-0.2, -0.15) is 0 Å². The van der Waals surface area contributed by atoms with E-state index in [0.717, 1.165) is 16.3 Å². The summed E-state index contributed by atoms with van der Waals surface area (Å²) in [6.45, 7) is 26.8. The van der Waals surface area contributed by atoms with Crippen molar-refractivity contribution in [2.24, 2.45) is 0 Å². The summed E-state index contributed by atoms with van der Waals surface area (Å²) in [7, 11) is 0. The van der Waals surface area contributed by atoms with E-state index in [1.165, 1.54) is 54.6 Å². The van der Waals surface area contributed by atoms with Gasteiger partial charge in [0, 0.05) is 10.8 Å². The Morgan fingerprint density at radius 2 is 0.735 bits per heavy atom. The van der Waals surface area contributed by atoms with Crippen molar-refractivity contribution < 1.29 is 5.11 Å². The molecule has 0 spiro atoms.